The molecule has 2 aromatic heterocycles. The summed E-state index contributed by atoms with van der Waals surface area (Å²) in [6.07, 6.45) is -4.94. The maximum Gasteiger partial charge on any atom is 0.402 e. The number of aromatic hydroxyl groups is 2. The van der Waals surface area contributed by atoms with E-state index in [2.05, 4.69) is 0 Å². The van der Waals surface area contributed by atoms with E-state index in [1.54, 1.807) is 30.3 Å². The largest absolute Gasteiger partial charge is 0.508 e. The predicted octanol–water partition coefficient (Wildman–Crippen LogP) is 7.96. The molecule has 0 fully saturated rings. The molecule has 0 radical (unpaired) electrons. The van der Waals surface area contributed by atoms with Crippen LogP contribution in [0.4, 0.5) is 18.9 Å². The number of aromatic nitrogens is 2. The standard InChI is InChI=1S/C55H33F3N4O11/c1-26-20-29(6-18-44(26)63)54(2,55(56,57)58)30-7-19-45(64)43(23-30)62-52(71)41-24-39-40(25-42(41)53(62)72)51(70)61(50(39)69)32-10-14-34(15-11-32)73-33-12-8-31(9-13-33)60-48(67)36-17-5-28(22-38(36)49(60)68)27-4-16-35-37(21-27)47(66)59(3)46(35)65/h4-25,63-64H,1-3H3. The Kier molecular flexibility index (Phi) is 9.96. The average Bonchev–Trinajstić information content (AvgIpc) is 3.96. The number of alkyl halides is 3. The van der Waals surface area contributed by atoms with Gasteiger partial charge < -0.3 is 14.9 Å². The van der Waals surface area contributed by atoms with Crippen molar-refractivity contribution in [1.29, 1.82) is 0 Å². The van der Waals surface area contributed by atoms with Crippen molar-refractivity contribution in [2.24, 2.45) is 0 Å². The van der Waals surface area contributed by atoms with Gasteiger partial charge in [0.25, 0.3) is 45.9 Å². The van der Waals surface area contributed by atoms with Crippen molar-refractivity contribution in [3.05, 3.63) is 214 Å². The quantitative estimate of drug-likeness (QED) is 0.140. The number of aryl methyl sites for hydroxylation is 1. The van der Waals surface area contributed by atoms with Crippen LogP contribution in [0.3, 0.4) is 0 Å². The minimum atomic E-state index is -4.94. The summed E-state index contributed by atoms with van der Waals surface area (Å²) in [6.45, 7) is 2.32. The minimum absolute atomic E-state index is 0.104. The lowest BCUT2D eigenvalue weighted by Gasteiger charge is -2.34. The van der Waals surface area contributed by atoms with Gasteiger partial charge in [-0.3, -0.25) is 43.3 Å². The fraction of sp³-hybridized carbons (Fsp3) is 0.0909. The fourth-order valence-electron chi connectivity index (χ4n) is 9.56. The van der Waals surface area contributed by atoms with E-state index < -0.39 is 74.5 Å². The Morgan fingerprint density at radius 3 is 1.42 bits per heavy atom. The highest BCUT2D eigenvalue weighted by Crippen LogP contribution is 2.48. The molecule has 2 aliphatic heterocycles. The van der Waals surface area contributed by atoms with Crippen molar-refractivity contribution in [2.75, 3.05) is 11.9 Å². The Labute approximate surface area is 407 Å². The lowest BCUT2D eigenvalue weighted by atomic mass is 9.75. The van der Waals surface area contributed by atoms with Crippen LogP contribution in [0, 0.1) is 6.92 Å². The summed E-state index contributed by atoms with van der Waals surface area (Å²) >= 11 is 0. The maximum atomic E-state index is 15.0. The Balaban J connectivity index is 0.838. The zero-order valence-electron chi connectivity index (χ0n) is 38.2. The second kappa shape index (κ2) is 15.9. The van der Waals surface area contributed by atoms with Crippen LogP contribution in [0.1, 0.15) is 65.0 Å². The number of halogens is 3. The topological polar surface area (TPSA) is 203 Å². The van der Waals surface area contributed by atoms with E-state index in [-0.39, 0.29) is 77.8 Å². The van der Waals surface area contributed by atoms with Crippen LogP contribution in [0.25, 0.3) is 44.0 Å². The molecule has 15 nitrogen and oxygen atoms in total. The molecule has 0 saturated carbocycles. The summed E-state index contributed by atoms with van der Waals surface area (Å²) in [6, 6.07) is 29.7. The fourth-order valence-corrected chi connectivity index (χ4v) is 9.56. The number of benzene rings is 7. The highest BCUT2D eigenvalue weighted by molar-refractivity contribution is 6.34. The van der Waals surface area contributed by atoms with Crippen molar-refractivity contribution in [2.45, 2.75) is 25.4 Å². The number of carbonyl (C=O) groups excluding carboxylic acids is 4. The number of hydrogen-bond acceptors (Lipinski definition) is 11. The molecule has 18 heteroatoms. The number of amides is 4. The van der Waals surface area contributed by atoms with Crippen molar-refractivity contribution in [1.82, 2.24) is 14.0 Å². The first-order valence-electron chi connectivity index (χ1n) is 22.2. The molecule has 4 heterocycles. The number of rotatable bonds is 8. The number of imide groups is 2. The molecule has 0 aliphatic carbocycles. The third-order valence-corrected chi connectivity index (χ3v) is 13.8. The SMILES string of the molecule is Cc1cc(C(C)(c2ccc(O)c(-n3c(=O)c4cc5c(=O)n(-c6ccc(Oc7ccc(N8C(=O)c9ccc(-c%10ccc%11c(c%10)C(=O)N(C)C%11=O)cc9C8=O)cc7)cc6)c(=O)c5cc4c3=O)c2)C(F)(F)F)ccc1O. The lowest BCUT2D eigenvalue weighted by molar-refractivity contribution is -0.173. The average molecular weight is 983 g/mol. The van der Waals surface area contributed by atoms with E-state index in [9.17, 15) is 61.7 Å². The summed E-state index contributed by atoms with van der Waals surface area (Å²) in [5.41, 5.74) is -5.28. The molecule has 360 valence electrons. The smallest absolute Gasteiger partial charge is 0.402 e. The number of ether oxygens (including phenoxy) is 1. The molecule has 11 rings (SSSR count). The highest BCUT2D eigenvalue weighted by Gasteiger charge is 2.54. The Hall–Kier alpha value is -9.71. The second-order valence-electron chi connectivity index (χ2n) is 17.9. The van der Waals surface area contributed by atoms with E-state index in [0.717, 1.165) is 69.8 Å². The van der Waals surface area contributed by atoms with Gasteiger partial charge in [0.2, 0.25) is 0 Å². The van der Waals surface area contributed by atoms with Gasteiger partial charge in [0.15, 0.2) is 0 Å². The van der Waals surface area contributed by atoms with Gasteiger partial charge in [-0.25, -0.2) is 14.0 Å². The van der Waals surface area contributed by atoms with E-state index in [4.69, 9.17) is 4.74 Å². The van der Waals surface area contributed by atoms with Gasteiger partial charge in [0.05, 0.1) is 60.9 Å². The molecule has 9 aromatic rings. The summed E-state index contributed by atoms with van der Waals surface area (Å²) in [7, 11) is 1.40. The molecule has 7 aromatic carbocycles. The van der Waals surface area contributed by atoms with E-state index in [0.29, 0.717) is 21.4 Å². The Morgan fingerprint density at radius 2 is 0.904 bits per heavy atom. The highest BCUT2D eigenvalue weighted by atomic mass is 19.4. The number of fused-ring (bicyclic) bond motifs is 4. The molecular weight excluding hydrogens is 950 g/mol. The van der Waals surface area contributed by atoms with E-state index in [1.807, 2.05) is 0 Å². The normalized spacial score (nSPS) is 14.4. The number of phenolic OH excluding ortho intramolecular Hbond substituents is 2. The molecule has 1 atom stereocenters. The van der Waals surface area contributed by atoms with Gasteiger partial charge in [-0.15, -0.1) is 0 Å². The lowest BCUT2D eigenvalue weighted by Crippen LogP contribution is -2.41. The summed E-state index contributed by atoms with van der Waals surface area (Å²) in [4.78, 5) is 110. The van der Waals surface area contributed by atoms with Gasteiger partial charge in [0, 0.05) is 7.05 Å². The van der Waals surface area contributed by atoms with Gasteiger partial charge in [-0.2, -0.15) is 13.2 Å². The minimum Gasteiger partial charge on any atom is -0.508 e. The van der Waals surface area contributed by atoms with Crippen molar-refractivity contribution < 1.29 is 47.3 Å². The van der Waals surface area contributed by atoms with Crippen LogP contribution in [-0.4, -0.2) is 61.1 Å². The van der Waals surface area contributed by atoms with Crippen LogP contribution in [0.2, 0.25) is 0 Å². The first-order valence-corrected chi connectivity index (χ1v) is 22.2. The summed E-state index contributed by atoms with van der Waals surface area (Å²) < 4.78 is 52.2. The van der Waals surface area contributed by atoms with E-state index in [1.165, 1.54) is 68.6 Å². The zero-order valence-corrected chi connectivity index (χ0v) is 38.2. The molecule has 0 bridgehead atoms. The summed E-state index contributed by atoms with van der Waals surface area (Å²) in [5, 5.41) is 19.8. The van der Waals surface area contributed by atoms with E-state index >= 15 is 0 Å². The van der Waals surface area contributed by atoms with Crippen molar-refractivity contribution >= 4 is 50.9 Å². The van der Waals surface area contributed by atoms with Gasteiger partial charge in [0.1, 0.15) is 28.4 Å². The molecule has 2 N–H and O–H groups in total. The third-order valence-electron chi connectivity index (χ3n) is 13.8. The van der Waals surface area contributed by atoms with Crippen LogP contribution in [-0.2, 0) is 5.41 Å². The third kappa shape index (κ3) is 6.74. The number of carbonyl (C=O) groups is 4. The van der Waals surface area contributed by atoms with Gasteiger partial charge in [-0.05, 0) is 145 Å². The number of hydrogen-bond donors (Lipinski definition) is 2. The molecule has 1 unspecified atom stereocenters. The van der Waals surface area contributed by atoms with Gasteiger partial charge in [-0.1, -0.05) is 30.3 Å². The number of anilines is 1. The van der Waals surface area contributed by atoms with Crippen LogP contribution < -0.4 is 31.9 Å². The number of nitrogens with zero attached hydrogens (tertiary/aromatic N) is 4. The monoisotopic (exact) mass is 982 g/mol. The van der Waals surface area contributed by atoms with Crippen LogP contribution in [0.15, 0.2) is 153 Å². The van der Waals surface area contributed by atoms with Crippen LogP contribution >= 0.6 is 0 Å². The molecule has 0 saturated heterocycles. The molecule has 2 aliphatic rings. The van der Waals surface area contributed by atoms with Crippen molar-refractivity contribution in [3.8, 4) is 45.5 Å². The Bertz CT molecular complexity index is 4110. The van der Waals surface area contributed by atoms with Crippen LogP contribution in [0.5, 0.6) is 23.0 Å². The first kappa shape index (κ1) is 45.7. The predicted molar refractivity (Wildman–Crippen MR) is 261 cm³/mol. The molecule has 4 amide bonds. The van der Waals surface area contributed by atoms with Gasteiger partial charge >= 0.3 is 6.18 Å². The number of phenols is 2. The molecule has 73 heavy (non-hydrogen) atoms. The maximum absolute atomic E-state index is 15.0. The first-order chi connectivity index (χ1) is 34.7. The Morgan fingerprint density at radius 1 is 0.466 bits per heavy atom. The molecule has 0 spiro atoms. The second-order valence-corrected chi connectivity index (χ2v) is 17.9. The molecular formula is C55H33F3N4O11. The summed E-state index contributed by atoms with van der Waals surface area (Å²) in [5.74, 6) is -2.33. The van der Waals surface area contributed by atoms with Crippen molar-refractivity contribution in [3.63, 3.8) is 0 Å². The zero-order chi connectivity index (χ0) is 51.7.